The molecule has 0 aliphatic heterocycles. The minimum atomic E-state index is -3.97. The number of sulfonamides is 2. The quantitative estimate of drug-likeness (QED) is 0.335. The van der Waals surface area contributed by atoms with E-state index < -0.39 is 60.8 Å². The lowest BCUT2D eigenvalue weighted by molar-refractivity contribution is -0.121. The van der Waals surface area contributed by atoms with Crippen LogP contribution in [0, 0.1) is 11.6 Å². The number of Topliss-reactive ketones (excluding diaryl/α,β-unsaturated/α-hetero) is 1. The molecular weight excluding hydrogens is 490 g/mol. The zero-order valence-electron chi connectivity index (χ0n) is 19.1. The van der Waals surface area contributed by atoms with E-state index in [0.717, 1.165) is 24.3 Å². The van der Waals surface area contributed by atoms with Crippen molar-refractivity contribution in [3.8, 4) is 0 Å². The van der Waals surface area contributed by atoms with E-state index in [2.05, 4.69) is 20.1 Å². The molecule has 13 heteroatoms. The van der Waals surface area contributed by atoms with Gasteiger partial charge in [0, 0.05) is 25.5 Å². The number of anilines is 2. The number of carbonyl (C=O) groups is 1. The number of carbonyl (C=O) groups excluding carboxylic acids is 1. The summed E-state index contributed by atoms with van der Waals surface area (Å²) >= 11 is 0. The Morgan fingerprint density at radius 1 is 0.735 bits per heavy atom. The van der Waals surface area contributed by atoms with Gasteiger partial charge in [-0.05, 0) is 49.5 Å². The van der Waals surface area contributed by atoms with Gasteiger partial charge in [0.1, 0.15) is 17.4 Å². The summed E-state index contributed by atoms with van der Waals surface area (Å²) in [5.41, 5.74) is 0.695. The molecule has 2 aromatic rings. The van der Waals surface area contributed by atoms with Crippen LogP contribution in [-0.2, 0) is 24.8 Å². The van der Waals surface area contributed by atoms with Crippen LogP contribution in [0.15, 0.2) is 36.4 Å². The number of ketones is 1. The Kier molecular flexibility index (Phi) is 9.11. The first kappa shape index (κ1) is 27.6. The molecule has 188 valence electrons. The summed E-state index contributed by atoms with van der Waals surface area (Å²) in [5, 5.41) is 5.49. The summed E-state index contributed by atoms with van der Waals surface area (Å²) in [5.74, 6) is -6.13. The van der Waals surface area contributed by atoms with Crippen molar-refractivity contribution >= 4 is 37.2 Å². The van der Waals surface area contributed by atoms with Gasteiger partial charge in [0.05, 0.1) is 23.3 Å². The minimum absolute atomic E-state index is 0.174. The van der Waals surface area contributed by atoms with E-state index >= 15 is 0 Å². The monoisotopic (exact) mass is 518 g/mol. The number of benzene rings is 2. The van der Waals surface area contributed by atoms with Crippen molar-refractivity contribution < 1.29 is 30.4 Å². The molecule has 2 aromatic carbocycles. The van der Waals surface area contributed by atoms with Gasteiger partial charge in [0.15, 0.2) is 0 Å². The van der Waals surface area contributed by atoms with Crippen LogP contribution in [0.1, 0.15) is 23.0 Å². The van der Waals surface area contributed by atoms with Gasteiger partial charge in [0.25, 0.3) is 0 Å². The van der Waals surface area contributed by atoms with E-state index in [1.54, 1.807) is 0 Å². The zero-order chi connectivity index (χ0) is 25.7. The fourth-order valence-electron chi connectivity index (χ4n) is 3.60. The van der Waals surface area contributed by atoms with Gasteiger partial charge in [-0.3, -0.25) is 4.79 Å². The Morgan fingerprint density at radius 3 is 1.38 bits per heavy atom. The summed E-state index contributed by atoms with van der Waals surface area (Å²) in [6.07, 6.45) is 0. The molecular formula is C21H28F2N4O5S2. The summed E-state index contributed by atoms with van der Waals surface area (Å²) in [6.45, 7) is 0. The van der Waals surface area contributed by atoms with Crippen LogP contribution in [-0.4, -0.2) is 62.3 Å². The molecule has 0 heterocycles. The van der Waals surface area contributed by atoms with E-state index in [-0.39, 0.29) is 22.5 Å². The highest BCUT2D eigenvalue weighted by Gasteiger charge is 2.37. The normalized spacial score (nSPS) is 13.8. The standard InChI is InChI=1S/C21H28F2N4O5S2/c1-24-19-9-13(22)5-7-15(19)17(11-33(29,30)26-3)21(28)18(12-34(31,32)27-4)16-8-6-14(23)10-20(16)25-2/h5-10,17-18,24-27H,11-12H2,1-4H3. The second kappa shape index (κ2) is 11.2. The number of nitrogens with one attached hydrogen (secondary N) is 4. The van der Waals surface area contributed by atoms with Crippen molar-refractivity contribution in [2.45, 2.75) is 11.8 Å². The third-order valence-corrected chi connectivity index (χ3v) is 8.19. The minimum Gasteiger partial charge on any atom is -0.388 e. The van der Waals surface area contributed by atoms with Crippen molar-refractivity contribution in [1.29, 1.82) is 0 Å². The van der Waals surface area contributed by atoms with Crippen molar-refractivity contribution in [2.24, 2.45) is 0 Å². The van der Waals surface area contributed by atoms with Crippen LogP contribution < -0.4 is 20.1 Å². The van der Waals surface area contributed by atoms with Crippen molar-refractivity contribution in [3.05, 3.63) is 59.2 Å². The predicted molar refractivity (Wildman–Crippen MR) is 128 cm³/mol. The Hall–Kier alpha value is -2.61. The van der Waals surface area contributed by atoms with Gasteiger partial charge in [-0.25, -0.2) is 35.1 Å². The number of halogens is 2. The summed E-state index contributed by atoms with van der Waals surface area (Å²) < 4.78 is 81.9. The molecule has 0 aromatic heterocycles. The molecule has 0 saturated carbocycles. The first-order chi connectivity index (χ1) is 15.9. The number of hydrogen-bond acceptors (Lipinski definition) is 7. The van der Waals surface area contributed by atoms with Gasteiger partial charge in [0.2, 0.25) is 20.0 Å². The van der Waals surface area contributed by atoms with E-state index in [4.69, 9.17) is 0 Å². The Labute approximate surface area is 198 Å². The third-order valence-electron chi connectivity index (χ3n) is 5.40. The van der Waals surface area contributed by atoms with Crippen LogP contribution >= 0.6 is 0 Å². The fraction of sp³-hybridized carbons (Fsp3) is 0.381. The Bertz CT molecular complexity index is 1160. The van der Waals surface area contributed by atoms with Crippen LogP contribution in [0.5, 0.6) is 0 Å². The SMILES string of the molecule is CNc1cc(F)ccc1C(CS(=O)(=O)NC)C(=O)C(CS(=O)(=O)NC)c1ccc(F)cc1NC. The third kappa shape index (κ3) is 6.72. The first-order valence-corrected chi connectivity index (χ1v) is 13.5. The summed E-state index contributed by atoms with van der Waals surface area (Å²) in [6, 6.07) is 6.94. The van der Waals surface area contributed by atoms with Gasteiger partial charge in [-0.2, -0.15) is 0 Å². The average molecular weight is 519 g/mol. The maximum absolute atomic E-state index is 13.9. The van der Waals surface area contributed by atoms with Crippen LogP contribution in [0.4, 0.5) is 20.2 Å². The van der Waals surface area contributed by atoms with Gasteiger partial charge in [-0.15, -0.1) is 0 Å². The summed E-state index contributed by atoms with van der Waals surface area (Å²) in [7, 11) is -2.61. The first-order valence-electron chi connectivity index (χ1n) is 10.2. The second-order valence-electron chi connectivity index (χ2n) is 7.44. The molecule has 2 unspecified atom stereocenters. The zero-order valence-corrected chi connectivity index (χ0v) is 20.8. The predicted octanol–water partition coefficient (Wildman–Crippen LogP) is 1.58. The van der Waals surface area contributed by atoms with Gasteiger partial charge < -0.3 is 10.6 Å². The Balaban J connectivity index is 2.76. The molecule has 0 bridgehead atoms. The highest BCUT2D eigenvalue weighted by atomic mass is 32.2. The average Bonchev–Trinajstić information content (AvgIpc) is 2.80. The molecule has 0 aliphatic rings. The lowest BCUT2D eigenvalue weighted by Gasteiger charge is -2.26. The smallest absolute Gasteiger partial charge is 0.212 e. The highest BCUT2D eigenvalue weighted by Crippen LogP contribution is 2.35. The molecule has 0 fully saturated rings. The molecule has 0 saturated heterocycles. The molecule has 2 atom stereocenters. The summed E-state index contributed by atoms with van der Waals surface area (Å²) in [4.78, 5) is 13.9. The van der Waals surface area contributed by atoms with Crippen LogP contribution in [0.2, 0.25) is 0 Å². The molecule has 34 heavy (non-hydrogen) atoms. The molecule has 4 N–H and O–H groups in total. The maximum atomic E-state index is 13.9. The maximum Gasteiger partial charge on any atom is 0.212 e. The topological polar surface area (TPSA) is 133 Å². The molecule has 0 radical (unpaired) electrons. The van der Waals surface area contributed by atoms with Gasteiger partial charge in [-0.1, -0.05) is 12.1 Å². The molecule has 0 aliphatic carbocycles. The van der Waals surface area contributed by atoms with E-state index in [0.29, 0.717) is 0 Å². The van der Waals surface area contributed by atoms with Gasteiger partial charge >= 0.3 is 0 Å². The molecule has 2 rings (SSSR count). The van der Waals surface area contributed by atoms with Crippen molar-refractivity contribution in [3.63, 3.8) is 0 Å². The lowest BCUT2D eigenvalue weighted by atomic mass is 9.84. The van der Waals surface area contributed by atoms with E-state index in [9.17, 15) is 30.4 Å². The molecule has 0 amide bonds. The van der Waals surface area contributed by atoms with E-state index in [1.807, 2.05) is 0 Å². The largest absolute Gasteiger partial charge is 0.388 e. The van der Waals surface area contributed by atoms with Crippen LogP contribution in [0.25, 0.3) is 0 Å². The van der Waals surface area contributed by atoms with Crippen molar-refractivity contribution in [2.75, 3.05) is 50.3 Å². The van der Waals surface area contributed by atoms with Crippen molar-refractivity contribution in [1.82, 2.24) is 9.44 Å². The number of rotatable bonds is 12. The molecule has 9 nitrogen and oxygen atoms in total. The van der Waals surface area contributed by atoms with E-state index in [1.165, 1.54) is 40.3 Å². The number of hydrogen-bond donors (Lipinski definition) is 4. The van der Waals surface area contributed by atoms with Crippen LogP contribution in [0.3, 0.4) is 0 Å². The Morgan fingerprint density at radius 2 is 1.09 bits per heavy atom. The fourth-order valence-corrected chi connectivity index (χ4v) is 5.50. The lowest BCUT2D eigenvalue weighted by Crippen LogP contribution is -2.36. The molecule has 0 spiro atoms. The second-order valence-corrected chi connectivity index (χ2v) is 11.4. The highest BCUT2D eigenvalue weighted by molar-refractivity contribution is 7.89.